The van der Waals surface area contributed by atoms with Crippen LogP contribution in [0, 0.1) is 11.6 Å². The van der Waals surface area contributed by atoms with Gasteiger partial charge in [-0.1, -0.05) is 5.21 Å². The van der Waals surface area contributed by atoms with E-state index in [0.717, 1.165) is 12.1 Å². The molecule has 0 unspecified atom stereocenters. The Morgan fingerprint density at radius 2 is 2.10 bits per heavy atom. The number of nitrogens with two attached hydrogens (primary N) is 1. The standard InChI is InChI=1S/C12H9F2N5O/c13-7-2-1-6(8(14)3-7)5-20-9-4-10(15)16-12-11(9)17-19-18-12/h1-4H,5H2,(H3,15,16,17,18,19). The average Bonchev–Trinajstić information content (AvgIpc) is 2.85. The number of H-pyrrole nitrogens is 1. The quantitative estimate of drug-likeness (QED) is 0.761. The second-order valence-corrected chi connectivity index (χ2v) is 4.08. The van der Waals surface area contributed by atoms with Crippen molar-refractivity contribution in [3.8, 4) is 5.75 Å². The van der Waals surface area contributed by atoms with Crippen molar-refractivity contribution in [3.63, 3.8) is 0 Å². The second-order valence-electron chi connectivity index (χ2n) is 4.08. The number of hydrogen-bond donors (Lipinski definition) is 2. The number of nitrogens with one attached hydrogen (secondary N) is 1. The van der Waals surface area contributed by atoms with E-state index in [1.807, 2.05) is 0 Å². The van der Waals surface area contributed by atoms with Crippen LogP contribution >= 0.6 is 0 Å². The lowest BCUT2D eigenvalue weighted by Gasteiger charge is -2.08. The zero-order valence-corrected chi connectivity index (χ0v) is 10.1. The van der Waals surface area contributed by atoms with Crippen molar-refractivity contribution in [2.45, 2.75) is 6.61 Å². The van der Waals surface area contributed by atoms with Gasteiger partial charge in [0.15, 0.2) is 16.9 Å². The van der Waals surface area contributed by atoms with Crippen molar-refractivity contribution < 1.29 is 13.5 Å². The van der Waals surface area contributed by atoms with Crippen LogP contribution in [0.15, 0.2) is 24.3 Å². The van der Waals surface area contributed by atoms with Gasteiger partial charge in [-0.3, -0.25) is 0 Å². The summed E-state index contributed by atoms with van der Waals surface area (Å²) in [4.78, 5) is 3.97. The van der Waals surface area contributed by atoms with Gasteiger partial charge in [0.25, 0.3) is 0 Å². The molecule has 20 heavy (non-hydrogen) atoms. The lowest BCUT2D eigenvalue weighted by Crippen LogP contribution is -2.01. The Labute approximate surface area is 111 Å². The fourth-order valence-electron chi connectivity index (χ4n) is 1.73. The molecule has 6 nitrogen and oxygen atoms in total. The Kier molecular flexibility index (Phi) is 2.90. The van der Waals surface area contributed by atoms with Crippen molar-refractivity contribution in [3.05, 3.63) is 41.5 Å². The molecule has 3 N–H and O–H groups in total. The zero-order chi connectivity index (χ0) is 14.1. The minimum atomic E-state index is -0.677. The molecule has 0 saturated carbocycles. The molecule has 0 spiro atoms. The van der Waals surface area contributed by atoms with E-state index in [2.05, 4.69) is 20.4 Å². The summed E-state index contributed by atoms with van der Waals surface area (Å²) in [5.41, 5.74) is 6.60. The maximum Gasteiger partial charge on any atom is 0.181 e. The molecule has 0 radical (unpaired) electrons. The monoisotopic (exact) mass is 277 g/mol. The Morgan fingerprint density at radius 3 is 2.90 bits per heavy atom. The maximum atomic E-state index is 13.5. The molecular formula is C12H9F2N5O. The smallest absolute Gasteiger partial charge is 0.181 e. The number of pyridine rings is 1. The fraction of sp³-hybridized carbons (Fsp3) is 0.0833. The van der Waals surface area contributed by atoms with Crippen LogP contribution in [0.1, 0.15) is 5.56 Å². The molecule has 3 rings (SSSR count). The summed E-state index contributed by atoms with van der Waals surface area (Å²) in [6.07, 6.45) is 0. The molecule has 0 saturated heterocycles. The Bertz CT molecular complexity index is 774. The third-order valence-electron chi connectivity index (χ3n) is 2.68. The molecule has 0 aliphatic heterocycles. The molecule has 0 atom stereocenters. The van der Waals surface area contributed by atoms with E-state index in [9.17, 15) is 8.78 Å². The van der Waals surface area contributed by atoms with Gasteiger partial charge >= 0.3 is 0 Å². The second kappa shape index (κ2) is 4.72. The summed E-state index contributed by atoms with van der Waals surface area (Å²) in [6.45, 7) is -0.0858. The largest absolute Gasteiger partial charge is 0.486 e. The Morgan fingerprint density at radius 1 is 1.25 bits per heavy atom. The third kappa shape index (κ3) is 2.22. The van der Waals surface area contributed by atoms with Crippen LogP contribution in [0.4, 0.5) is 14.6 Å². The van der Waals surface area contributed by atoms with Gasteiger partial charge < -0.3 is 10.5 Å². The normalized spacial score (nSPS) is 10.9. The molecule has 102 valence electrons. The predicted molar refractivity (Wildman–Crippen MR) is 66.8 cm³/mol. The number of nitrogen functional groups attached to an aromatic ring is 1. The predicted octanol–water partition coefficient (Wildman–Crippen LogP) is 1.79. The topological polar surface area (TPSA) is 89.7 Å². The highest BCUT2D eigenvalue weighted by Crippen LogP contribution is 2.24. The van der Waals surface area contributed by atoms with Gasteiger partial charge in [-0.05, 0) is 12.1 Å². The van der Waals surface area contributed by atoms with Crippen LogP contribution < -0.4 is 10.5 Å². The number of nitrogens with zero attached hydrogens (tertiary/aromatic N) is 3. The summed E-state index contributed by atoms with van der Waals surface area (Å²) < 4.78 is 31.8. The van der Waals surface area contributed by atoms with Crippen LogP contribution in [0.5, 0.6) is 5.75 Å². The molecular weight excluding hydrogens is 268 g/mol. The van der Waals surface area contributed by atoms with Crippen molar-refractivity contribution >= 4 is 17.0 Å². The van der Waals surface area contributed by atoms with Crippen LogP contribution in [0.3, 0.4) is 0 Å². The van der Waals surface area contributed by atoms with Crippen LogP contribution in [0.25, 0.3) is 11.2 Å². The Balaban J connectivity index is 1.88. The number of fused-ring (bicyclic) bond motifs is 1. The van der Waals surface area contributed by atoms with Gasteiger partial charge in [-0.15, -0.1) is 5.10 Å². The maximum absolute atomic E-state index is 13.5. The number of aromatic nitrogens is 4. The first kappa shape index (κ1) is 12.3. The molecule has 0 fully saturated rings. The lowest BCUT2D eigenvalue weighted by molar-refractivity contribution is 0.302. The molecule has 0 amide bonds. The first-order chi connectivity index (χ1) is 9.63. The summed E-state index contributed by atoms with van der Waals surface area (Å²) in [6, 6.07) is 4.74. The fourth-order valence-corrected chi connectivity index (χ4v) is 1.73. The highest BCUT2D eigenvalue weighted by Gasteiger charge is 2.11. The highest BCUT2D eigenvalue weighted by atomic mass is 19.1. The minimum Gasteiger partial charge on any atom is -0.486 e. The van der Waals surface area contributed by atoms with E-state index in [1.54, 1.807) is 0 Å². The van der Waals surface area contributed by atoms with E-state index < -0.39 is 11.6 Å². The van der Waals surface area contributed by atoms with Crippen LogP contribution in [-0.4, -0.2) is 20.4 Å². The SMILES string of the molecule is Nc1cc(OCc2ccc(F)cc2F)c2nn[nH]c2n1. The number of halogens is 2. The minimum absolute atomic E-state index is 0.0858. The van der Waals surface area contributed by atoms with E-state index >= 15 is 0 Å². The van der Waals surface area contributed by atoms with Crippen LogP contribution in [0.2, 0.25) is 0 Å². The molecule has 3 aromatic rings. The van der Waals surface area contributed by atoms with E-state index in [0.29, 0.717) is 16.9 Å². The summed E-state index contributed by atoms with van der Waals surface area (Å²) in [5.74, 6) is -0.773. The summed E-state index contributed by atoms with van der Waals surface area (Å²) >= 11 is 0. The number of ether oxygens (including phenoxy) is 1. The molecule has 0 bridgehead atoms. The summed E-state index contributed by atoms with van der Waals surface area (Å²) in [7, 11) is 0. The third-order valence-corrected chi connectivity index (χ3v) is 2.68. The van der Waals surface area contributed by atoms with Crippen molar-refractivity contribution in [2.75, 3.05) is 5.73 Å². The van der Waals surface area contributed by atoms with Gasteiger partial charge in [-0.25, -0.2) is 18.9 Å². The number of rotatable bonds is 3. The van der Waals surface area contributed by atoms with Gasteiger partial charge in [-0.2, -0.15) is 0 Å². The molecule has 0 aliphatic carbocycles. The van der Waals surface area contributed by atoms with Crippen molar-refractivity contribution in [2.24, 2.45) is 0 Å². The molecule has 2 aromatic heterocycles. The van der Waals surface area contributed by atoms with Gasteiger partial charge in [0.1, 0.15) is 24.1 Å². The first-order valence-corrected chi connectivity index (χ1v) is 5.67. The van der Waals surface area contributed by atoms with Gasteiger partial charge in [0.05, 0.1) is 0 Å². The highest BCUT2D eigenvalue weighted by molar-refractivity contribution is 5.78. The number of aromatic amines is 1. The average molecular weight is 277 g/mol. The van der Waals surface area contributed by atoms with Crippen LogP contribution in [-0.2, 0) is 6.61 Å². The van der Waals surface area contributed by atoms with E-state index in [-0.39, 0.29) is 18.0 Å². The Hall–Kier alpha value is -2.77. The molecule has 8 heteroatoms. The lowest BCUT2D eigenvalue weighted by atomic mass is 10.2. The van der Waals surface area contributed by atoms with Gasteiger partial charge in [0.2, 0.25) is 0 Å². The number of hydrogen-bond acceptors (Lipinski definition) is 5. The number of benzene rings is 1. The molecule has 1 aromatic carbocycles. The van der Waals surface area contributed by atoms with Crippen molar-refractivity contribution in [1.82, 2.24) is 20.4 Å². The van der Waals surface area contributed by atoms with Gasteiger partial charge in [0, 0.05) is 17.7 Å². The first-order valence-electron chi connectivity index (χ1n) is 5.67. The number of anilines is 1. The van der Waals surface area contributed by atoms with E-state index in [4.69, 9.17) is 10.5 Å². The summed E-state index contributed by atoms with van der Waals surface area (Å²) in [5, 5.41) is 9.96. The van der Waals surface area contributed by atoms with Crippen molar-refractivity contribution in [1.29, 1.82) is 0 Å². The molecule has 2 heterocycles. The van der Waals surface area contributed by atoms with E-state index in [1.165, 1.54) is 12.1 Å². The zero-order valence-electron chi connectivity index (χ0n) is 10.1. The molecule has 0 aliphatic rings.